The Morgan fingerprint density at radius 3 is 2.08 bits per heavy atom. The van der Waals surface area contributed by atoms with E-state index >= 15 is 8.78 Å². The summed E-state index contributed by atoms with van der Waals surface area (Å²) in [5.74, 6) is -21.2. The summed E-state index contributed by atoms with van der Waals surface area (Å²) in [6.45, 7) is 1.27. The van der Waals surface area contributed by atoms with Crippen molar-refractivity contribution < 1.29 is 51.0 Å². The number of carbonyl (C=O) groups is 4. The number of ether oxygens (including phenoxy) is 1. The second kappa shape index (κ2) is 12.4. The van der Waals surface area contributed by atoms with E-state index in [2.05, 4.69) is 0 Å². The van der Waals surface area contributed by atoms with E-state index in [1.165, 1.54) is 18.2 Å². The van der Waals surface area contributed by atoms with Gasteiger partial charge in [0.15, 0.2) is 33.0 Å². The standard InChI is InChI=1S/C36H27Cl2F5N2O6/c1-2-16-7-9-17(10-8-16)44-31(47)20-12-11-18-21(23(20)32(44)48)15-35(37)33(49)45(30-28(42)26(40)25(39)27(41)29(30)43)34(50)36(35,38)24(18)19-5-3-4-6-22(19)51-14-13-46/h3-11,20-21,23-24,46H,2,12-15H2,1H3. The first-order valence-electron chi connectivity index (χ1n) is 16.0. The summed E-state index contributed by atoms with van der Waals surface area (Å²) in [7, 11) is 0. The van der Waals surface area contributed by atoms with E-state index in [0.717, 1.165) is 10.5 Å². The fraction of sp³-hybridized carbons (Fsp3) is 0.333. The number of halogens is 7. The van der Waals surface area contributed by atoms with E-state index in [1.807, 2.05) is 6.92 Å². The summed E-state index contributed by atoms with van der Waals surface area (Å²) in [6, 6.07) is 12.8. The number of anilines is 2. The SMILES string of the molecule is CCc1ccc(N2C(=O)C3CC=C4C(CC5(Cl)C(=O)N(c6c(F)c(F)c(F)c(F)c6F)C(=O)C5(Cl)C4c4ccccc4OCCO)C3C2=O)cc1. The van der Waals surface area contributed by atoms with Crippen molar-refractivity contribution >= 4 is 58.2 Å². The van der Waals surface area contributed by atoms with E-state index in [0.29, 0.717) is 12.1 Å². The number of para-hydroxylation sites is 1. The monoisotopic (exact) mass is 748 g/mol. The van der Waals surface area contributed by atoms with Crippen molar-refractivity contribution in [3.63, 3.8) is 0 Å². The number of nitrogens with zero attached hydrogens (tertiary/aromatic N) is 2. The molecule has 2 heterocycles. The van der Waals surface area contributed by atoms with Gasteiger partial charge in [-0.2, -0.15) is 0 Å². The van der Waals surface area contributed by atoms with Gasteiger partial charge in [0.2, 0.25) is 17.6 Å². The van der Waals surface area contributed by atoms with Gasteiger partial charge in [-0.1, -0.05) is 48.9 Å². The number of fused-ring (bicyclic) bond motifs is 4. The van der Waals surface area contributed by atoms with Crippen molar-refractivity contribution in [1.29, 1.82) is 0 Å². The second-order valence-corrected chi connectivity index (χ2v) is 14.1. The molecule has 8 nitrogen and oxygen atoms in total. The Balaban J connectivity index is 1.43. The lowest BCUT2D eigenvalue weighted by molar-refractivity contribution is -0.125. The summed E-state index contributed by atoms with van der Waals surface area (Å²) in [4.78, 5) is 52.4. The Bertz CT molecular complexity index is 2030. The summed E-state index contributed by atoms with van der Waals surface area (Å²) in [6.07, 6.45) is 1.68. The van der Waals surface area contributed by atoms with Crippen LogP contribution in [-0.4, -0.2) is 51.7 Å². The number of amides is 4. The number of aliphatic hydroxyl groups excluding tert-OH is 1. The molecule has 2 aliphatic heterocycles. The molecular formula is C36H27Cl2F5N2O6. The van der Waals surface area contributed by atoms with Crippen LogP contribution in [0.3, 0.4) is 0 Å². The molecule has 3 aromatic rings. The van der Waals surface area contributed by atoms with Gasteiger partial charge in [0.1, 0.15) is 18.0 Å². The number of carbonyl (C=O) groups excluding carboxylic acids is 4. The Labute approximate surface area is 297 Å². The zero-order chi connectivity index (χ0) is 36.7. The highest BCUT2D eigenvalue weighted by Gasteiger charge is 2.77. The first-order valence-corrected chi connectivity index (χ1v) is 16.8. The fourth-order valence-corrected chi connectivity index (χ4v) is 8.98. The molecule has 1 saturated carbocycles. The number of hydrogen-bond acceptors (Lipinski definition) is 6. The summed E-state index contributed by atoms with van der Waals surface area (Å²) < 4.78 is 79.3. The van der Waals surface area contributed by atoms with Crippen LogP contribution in [0.15, 0.2) is 60.2 Å². The fourth-order valence-electron chi connectivity index (χ4n) is 8.05. The van der Waals surface area contributed by atoms with Crippen LogP contribution >= 0.6 is 23.2 Å². The van der Waals surface area contributed by atoms with Crippen LogP contribution in [-0.2, 0) is 25.6 Å². The van der Waals surface area contributed by atoms with Gasteiger partial charge in [-0.3, -0.25) is 24.1 Å². The first-order chi connectivity index (χ1) is 24.2. The first kappa shape index (κ1) is 35.1. The largest absolute Gasteiger partial charge is 0.491 e. The molecule has 6 atom stereocenters. The minimum absolute atomic E-state index is 0.00741. The van der Waals surface area contributed by atoms with Crippen molar-refractivity contribution in [3.05, 3.63) is 100 Å². The minimum Gasteiger partial charge on any atom is -0.491 e. The molecule has 51 heavy (non-hydrogen) atoms. The van der Waals surface area contributed by atoms with Crippen LogP contribution in [0.1, 0.15) is 36.8 Å². The predicted molar refractivity (Wildman–Crippen MR) is 174 cm³/mol. The van der Waals surface area contributed by atoms with Crippen LogP contribution in [0.4, 0.5) is 33.3 Å². The zero-order valence-corrected chi connectivity index (χ0v) is 28.1. The highest BCUT2D eigenvalue weighted by Crippen LogP contribution is 2.66. The quantitative estimate of drug-likeness (QED) is 0.0785. The van der Waals surface area contributed by atoms with Crippen molar-refractivity contribution in [1.82, 2.24) is 0 Å². The molecule has 0 spiro atoms. The maximum atomic E-state index is 15.3. The molecule has 1 N–H and O–H groups in total. The van der Waals surface area contributed by atoms with Crippen molar-refractivity contribution in [2.45, 2.75) is 41.9 Å². The molecule has 4 aliphatic rings. The van der Waals surface area contributed by atoms with E-state index in [1.54, 1.807) is 36.4 Å². The molecule has 3 fully saturated rings. The Morgan fingerprint density at radius 1 is 0.824 bits per heavy atom. The Morgan fingerprint density at radius 2 is 1.45 bits per heavy atom. The number of benzene rings is 3. The molecule has 4 amide bonds. The third-order valence-corrected chi connectivity index (χ3v) is 11.8. The smallest absolute Gasteiger partial charge is 0.258 e. The number of rotatable bonds is 7. The summed E-state index contributed by atoms with van der Waals surface area (Å²) in [5, 5.41) is 9.49. The third-order valence-electron chi connectivity index (χ3n) is 10.4. The molecule has 3 aromatic carbocycles. The van der Waals surface area contributed by atoms with Crippen molar-refractivity contribution in [2.75, 3.05) is 23.0 Å². The molecule has 6 unspecified atom stereocenters. The maximum Gasteiger partial charge on any atom is 0.258 e. The minimum atomic E-state index is -2.69. The topological polar surface area (TPSA) is 104 Å². The lowest BCUT2D eigenvalue weighted by atomic mass is 9.56. The van der Waals surface area contributed by atoms with Crippen molar-refractivity contribution in [2.24, 2.45) is 17.8 Å². The van der Waals surface area contributed by atoms with Crippen LogP contribution in [0.25, 0.3) is 0 Å². The van der Waals surface area contributed by atoms with E-state index < -0.39 is 105 Å². The normalized spacial score (nSPS) is 28.5. The Kier molecular flexibility index (Phi) is 8.54. The van der Waals surface area contributed by atoms with Crippen LogP contribution in [0.5, 0.6) is 5.75 Å². The summed E-state index contributed by atoms with van der Waals surface area (Å²) >= 11 is 14.4. The number of alkyl halides is 2. The van der Waals surface area contributed by atoms with Gasteiger partial charge in [0.25, 0.3) is 11.8 Å². The number of imide groups is 2. The molecule has 15 heteroatoms. The predicted octanol–water partition coefficient (Wildman–Crippen LogP) is 6.08. The summed E-state index contributed by atoms with van der Waals surface area (Å²) in [5.41, 5.74) is -0.188. The van der Waals surface area contributed by atoms with Gasteiger partial charge in [-0.15, -0.1) is 23.2 Å². The van der Waals surface area contributed by atoms with Gasteiger partial charge in [0.05, 0.1) is 24.1 Å². The van der Waals surface area contributed by atoms with E-state index in [9.17, 15) is 37.5 Å². The molecule has 266 valence electrons. The number of hydrogen-bond donors (Lipinski definition) is 1. The Hall–Kier alpha value is -4.33. The van der Waals surface area contributed by atoms with Gasteiger partial charge < -0.3 is 9.84 Å². The van der Waals surface area contributed by atoms with Gasteiger partial charge >= 0.3 is 0 Å². The average Bonchev–Trinajstić information content (AvgIpc) is 3.47. The number of allylic oxidation sites excluding steroid dienone is 2. The maximum absolute atomic E-state index is 15.3. The van der Waals surface area contributed by atoms with E-state index in [-0.39, 0.29) is 34.8 Å². The zero-order valence-electron chi connectivity index (χ0n) is 26.6. The molecular weight excluding hydrogens is 722 g/mol. The van der Waals surface area contributed by atoms with Gasteiger partial charge in [0, 0.05) is 11.5 Å². The van der Waals surface area contributed by atoms with E-state index in [4.69, 9.17) is 27.9 Å². The average molecular weight is 750 g/mol. The highest BCUT2D eigenvalue weighted by molar-refractivity contribution is 6.58. The van der Waals surface area contributed by atoms with Crippen LogP contribution < -0.4 is 14.5 Å². The third kappa shape index (κ3) is 4.73. The van der Waals surface area contributed by atoms with Crippen LogP contribution in [0.2, 0.25) is 0 Å². The molecule has 2 aliphatic carbocycles. The lowest BCUT2D eigenvalue weighted by Gasteiger charge is -2.50. The van der Waals surface area contributed by atoms with Crippen LogP contribution in [0, 0.1) is 46.8 Å². The molecule has 0 radical (unpaired) electrons. The van der Waals surface area contributed by atoms with Gasteiger partial charge in [-0.25, -0.2) is 26.9 Å². The molecule has 7 rings (SSSR count). The molecule has 2 saturated heterocycles. The number of aliphatic hydroxyl groups is 1. The lowest BCUT2D eigenvalue weighted by Crippen LogP contribution is -2.60. The van der Waals surface area contributed by atoms with Gasteiger partial charge in [-0.05, 0) is 48.9 Å². The second-order valence-electron chi connectivity index (χ2n) is 12.8. The molecule has 0 aromatic heterocycles. The number of aryl methyl sites for hydroxylation is 1. The molecule has 0 bridgehead atoms. The highest BCUT2D eigenvalue weighted by atomic mass is 35.5. The van der Waals surface area contributed by atoms with Crippen molar-refractivity contribution in [3.8, 4) is 5.75 Å².